The second-order valence-corrected chi connectivity index (χ2v) is 4.91. The van der Waals surface area contributed by atoms with E-state index in [9.17, 15) is 0 Å². The van der Waals surface area contributed by atoms with Gasteiger partial charge in [-0.05, 0) is 24.6 Å². The van der Waals surface area contributed by atoms with Gasteiger partial charge in [-0.25, -0.2) is 0 Å². The second kappa shape index (κ2) is 5.08. The first-order valence-corrected chi connectivity index (χ1v) is 6.47. The lowest BCUT2D eigenvalue weighted by Crippen LogP contribution is -2.08. The van der Waals surface area contributed by atoms with Gasteiger partial charge in [-0.2, -0.15) is 4.98 Å². The van der Waals surface area contributed by atoms with Gasteiger partial charge in [-0.15, -0.1) is 0 Å². The third-order valence-corrected chi connectivity index (χ3v) is 3.58. The lowest BCUT2D eigenvalue weighted by molar-refractivity contribution is 0.376. The molecule has 1 aromatic carbocycles. The lowest BCUT2D eigenvalue weighted by Gasteiger charge is -2.00. The minimum atomic E-state index is 0.383. The molecule has 0 radical (unpaired) electrons. The van der Waals surface area contributed by atoms with Crippen molar-refractivity contribution in [2.24, 2.45) is 0 Å². The SMILES string of the molecule is Clc1ccccc1Cc1nc(C2CCNC2)no1. The molecule has 0 saturated carbocycles. The summed E-state index contributed by atoms with van der Waals surface area (Å²) in [6.07, 6.45) is 1.66. The zero-order valence-corrected chi connectivity index (χ0v) is 10.7. The molecule has 1 N–H and O–H groups in total. The van der Waals surface area contributed by atoms with Gasteiger partial charge in [0, 0.05) is 17.5 Å². The van der Waals surface area contributed by atoms with Crippen LogP contribution >= 0.6 is 11.6 Å². The Morgan fingerprint density at radius 1 is 1.39 bits per heavy atom. The Morgan fingerprint density at radius 2 is 2.28 bits per heavy atom. The van der Waals surface area contributed by atoms with E-state index in [1.54, 1.807) is 0 Å². The number of aromatic nitrogens is 2. The maximum absolute atomic E-state index is 6.11. The topological polar surface area (TPSA) is 51.0 Å². The molecule has 0 amide bonds. The molecule has 1 aliphatic heterocycles. The highest BCUT2D eigenvalue weighted by Gasteiger charge is 2.22. The van der Waals surface area contributed by atoms with Crippen molar-refractivity contribution in [1.29, 1.82) is 0 Å². The predicted octanol–water partition coefficient (Wildman–Crippen LogP) is 2.39. The van der Waals surface area contributed by atoms with Crippen LogP contribution in [-0.4, -0.2) is 23.2 Å². The first-order chi connectivity index (χ1) is 8.83. The molecule has 94 valence electrons. The molecule has 2 aromatic rings. The summed E-state index contributed by atoms with van der Waals surface area (Å²) in [6.45, 7) is 1.96. The van der Waals surface area contributed by atoms with E-state index in [1.165, 1.54) is 0 Å². The van der Waals surface area contributed by atoms with Crippen molar-refractivity contribution in [2.75, 3.05) is 13.1 Å². The number of hydrogen-bond donors (Lipinski definition) is 1. The monoisotopic (exact) mass is 263 g/mol. The summed E-state index contributed by atoms with van der Waals surface area (Å²) < 4.78 is 5.29. The van der Waals surface area contributed by atoms with Gasteiger partial charge < -0.3 is 9.84 Å². The van der Waals surface area contributed by atoms with Gasteiger partial charge in [-0.3, -0.25) is 0 Å². The van der Waals surface area contributed by atoms with Crippen molar-refractivity contribution in [1.82, 2.24) is 15.5 Å². The molecule has 4 nitrogen and oxygen atoms in total. The average Bonchev–Trinajstić information content (AvgIpc) is 3.02. The fraction of sp³-hybridized carbons (Fsp3) is 0.385. The number of nitrogens with zero attached hydrogens (tertiary/aromatic N) is 2. The number of nitrogens with one attached hydrogen (secondary N) is 1. The van der Waals surface area contributed by atoms with Crippen LogP contribution in [0.1, 0.15) is 29.6 Å². The molecule has 2 heterocycles. The smallest absolute Gasteiger partial charge is 0.231 e. The Bertz CT molecular complexity index is 535. The highest BCUT2D eigenvalue weighted by molar-refractivity contribution is 6.31. The van der Waals surface area contributed by atoms with Crippen molar-refractivity contribution < 1.29 is 4.52 Å². The lowest BCUT2D eigenvalue weighted by atomic mass is 10.1. The summed E-state index contributed by atoms with van der Waals surface area (Å²) in [5.41, 5.74) is 1.01. The van der Waals surface area contributed by atoms with E-state index < -0.39 is 0 Å². The first-order valence-electron chi connectivity index (χ1n) is 6.09. The van der Waals surface area contributed by atoms with Crippen LogP contribution in [0.4, 0.5) is 0 Å². The number of hydrogen-bond acceptors (Lipinski definition) is 4. The van der Waals surface area contributed by atoms with E-state index in [2.05, 4.69) is 15.5 Å². The van der Waals surface area contributed by atoms with Crippen LogP contribution in [0, 0.1) is 0 Å². The van der Waals surface area contributed by atoms with Gasteiger partial charge in [0.25, 0.3) is 0 Å². The number of halogens is 1. The van der Waals surface area contributed by atoms with Crippen molar-refractivity contribution >= 4 is 11.6 Å². The molecular weight excluding hydrogens is 250 g/mol. The molecule has 18 heavy (non-hydrogen) atoms. The maximum Gasteiger partial charge on any atom is 0.231 e. The normalized spacial score (nSPS) is 19.3. The Labute approximate surface area is 110 Å². The third-order valence-electron chi connectivity index (χ3n) is 3.21. The summed E-state index contributed by atoms with van der Waals surface area (Å²) in [5, 5.41) is 8.09. The average molecular weight is 264 g/mol. The van der Waals surface area contributed by atoms with E-state index in [0.717, 1.165) is 35.9 Å². The Hall–Kier alpha value is -1.39. The van der Waals surface area contributed by atoms with Crippen LogP contribution in [0.3, 0.4) is 0 Å². The minimum Gasteiger partial charge on any atom is -0.339 e. The van der Waals surface area contributed by atoms with Gasteiger partial charge in [-0.1, -0.05) is 35.0 Å². The molecule has 1 aromatic heterocycles. The summed E-state index contributed by atoms with van der Waals surface area (Å²) in [6, 6.07) is 7.72. The quantitative estimate of drug-likeness (QED) is 0.924. The molecule has 1 saturated heterocycles. The summed E-state index contributed by atoms with van der Waals surface area (Å²) in [4.78, 5) is 4.45. The highest BCUT2D eigenvalue weighted by atomic mass is 35.5. The van der Waals surface area contributed by atoms with E-state index >= 15 is 0 Å². The standard InChI is InChI=1S/C13H14ClN3O/c14-11-4-2-1-3-9(11)7-12-16-13(17-18-12)10-5-6-15-8-10/h1-4,10,15H,5-8H2. The summed E-state index contributed by atoms with van der Waals surface area (Å²) >= 11 is 6.11. The van der Waals surface area contributed by atoms with Crippen LogP contribution < -0.4 is 5.32 Å². The molecule has 1 aliphatic rings. The van der Waals surface area contributed by atoms with Crippen LogP contribution in [0.25, 0.3) is 0 Å². The zero-order chi connectivity index (χ0) is 12.4. The van der Waals surface area contributed by atoms with Crippen molar-refractivity contribution in [3.8, 4) is 0 Å². The van der Waals surface area contributed by atoms with Crippen LogP contribution in [0.5, 0.6) is 0 Å². The predicted molar refractivity (Wildman–Crippen MR) is 68.8 cm³/mol. The molecule has 1 fully saturated rings. The molecule has 0 spiro atoms. The first kappa shape index (κ1) is 11.7. The fourth-order valence-corrected chi connectivity index (χ4v) is 2.39. The van der Waals surface area contributed by atoms with Gasteiger partial charge in [0.1, 0.15) is 0 Å². The van der Waals surface area contributed by atoms with E-state index in [1.807, 2.05) is 24.3 Å². The minimum absolute atomic E-state index is 0.383. The zero-order valence-electron chi connectivity index (χ0n) is 9.90. The summed E-state index contributed by atoms with van der Waals surface area (Å²) in [7, 11) is 0. The van der Waals surface area contributed by atoms with E-state index in [-0.39, 0.29) is 0 Å². The van der Waals surface area contributed by atoms with Crippen LogP contribution in [0.15, 0.2) is 28.8 Å². The van der Waals surface area contributed by atoms with Gasteiger partial charge in [0.2, 0.25) is 5.89 Å². The Balaban J connectivity index is 1.75. The molecule has 1 unspecified atom stereocenters. The summed E-state index contributed by atoms with van der Waals surface area (Å²) in [5.74, 6) is 1.82. The molecular formula is C13H14ClN3O. The van der Waals surface area contributed by atoms with Crippen LogP contribution in [0.2, 0.25) is 5.02 Å². The Kier molecular flexibility index (Phi) is 3.30. The van der Waals surface area contributed by atoms with E-state index in [0.29, 0.717) is 18.2 Å². The number of benzene rings is 1. The fourth-order valence-electron chi connectivity index (χ4n) is 2.19. The Morgan fingerprint density at radius 3 is 3.06 bits per heavy atom. The van der Waals surface area contributed by atoms with Gasteiger partial charge in [0.15, 0.2) is 5.82 Å². The van der Waals surface area contributed by atoms with Crippen molar-refractivity contribution in [2.45, 2.75) is 18.8 Å². The molecule has 5 heteroatoms. The van der Waals surface area contributed by atoms with Crippen LogP contribution in [-0.2, 0) is 6.42 Å². The molecule has 0 bridgehead atoms. The third kappa shape index (κ3) is 2.40. The van der Waals surface area contributed by atoms with Crippen molar-refractivity contribution in [3.05, 3.63) is 46.6 Å². The molecule has 1 atom stereocenters. The molecule has 3 rings (SSSR count). The van der Waals surface area contributed by atoms with Crippen molar-refractivity contribution in [3.63, 3.8) is 0 Å². The largest absolute Gasteiger partial charge is 0.339 e. The molecule has 0 aliphatic carbocycles. The van der Waals surface area contributed by atoms with E-state index in [4.69, 9.17) is 16.1 Å². The van der Waals surface area contributed by atoms with Gasteiger partial charge >= 0.3 is 0 Å². The second-order valence-electron chi connectivity index (χ2n) is 4.50. The highest BCUT2D eigenvalue weighted by Crippen LogP contribution is 2.22. The number of rotatable bonds is 3. The van der Waals surface area contributed by atoms with Gasteiger partial charge in [0.05, 0.1) is 6.42 Å². The maximum atomic E-state index is 6.11.